The number of hydrogen-bond acceptors (Lipinski definition) is 3. The minimum Gasteiger partial charge on any atom is -0.345 e. The topological polar surface area (TPSA) is 79.8 Å². The number of nitrogens with zero attached hydrogens (tertiary/aromatic N) is 2. The fourth-order valence-corrected chi connectivity index (χ4v) is 1.51. The maximum Gasteiger partial charge on any atom is 0.269 e. The van der Waals surface area contributed by atoms with Crippen LogP contribution < -0.4 is 10.9 Å². The number of carbonyl (C=O) groups is 1. The Hall–Kier alpha value is -2.44. The highest BCUT2D eigenvalue weighted by Crippen LogP contribution is 1.98. The van der Waals surface area contributed by atoms with Crippen molar-refractivity contribution in [3.8, 4) is 0 Å². The summed E-state index contributed by atoms with van der Waals surface area (Å²) in [5, 5.41) is 4.97. The van der Waals surface area contributed by atoms with Crippen LogP contribution in [0.4, 0.5) is 4.39 Å². The second-order valence-corrected chi connectivity index (χ2v) is 3.70. The second kappa shape index (κ2) is 4.82. The van der Waals surface area contributed by atoms with E-state index in [4.69, 9.17) is 0 Å². The van der Waals surface area contributed by atoms with Gasteiger partial charge in [0.1, 0.15) is 5.69 Å². The van der Waals surface area contributed by atoms with Crippen LogP contribution in [0, 0.1) is 5.95 Å². The molecule has 0 atom stereocenters. The Balaban J connectivity index is 2.05. The molecule has 7 heteroatoms. The molecular formula is C11H11FN4O2. The van der Waals surface area contributed by atoms with E-state index in [-0.39, 0.29) is 17.8 Å². The van der Waals surface area contributed by atoms with Crippen molar-refractivity contribution >= 4 is 5.91 Å². The van der Waals surface area contributed by atoms with Gasteiger partial charge in [0.2, 0.25) is 5.95 Å². The van der Waals surface area contributed by atoms with Crippen LogP contribution in [-0.2, 0) is 13.6 Å². The molecule has 0 saturated carbocycles. The summed E-state index contributed by atoms with van der Waals surface area (Å²) in [4.78, 5) is 26.3. The van der Waals surface area contributed by atoms with Gasteiger partial charge in [-0.3, -0.25) is 19.4 Å². The lowest BCUT2D eigenvalue weighted by molar-refractivity contribution is 0.0941. The number of H-pyrrole nitrogens is 1. The molecule has 0 bridgehead atoms. The first-order valence-electron chi connectivity index (χ1n) is 5.22. The molecule has 0 unspecified atom stereocenters. The fourth-order valence-electron chi connectivity index (χ4n) is 1.51. The Labute approximate surface area is 101 Å². The molecule has 0 radical (unpaired) electrons. The normalized spacial score (nSPS) is 10.3. The Bertz CT molecular complexity index is 632. The van der Waals surface area contributed by atoms with Gasteiger partial charge in [-0.1, -0.05) is 6.07 Å². The number of pyridine rings is 1. The molecule has 2 heterocycles. The van der Waals surface area contributed by atoms with E-state index in [0.717, 1.165) is 0 Å². The first kappa shape index (κ1) is 12.0. The summed E-state index contributed by atoms with van der Waals surface area (Å²) >= 11 is 0. The third kappa shape index (κ3) is 2.62. The average Bonchev–Trinajstić information content (AvgIpc) is 2.66. The fraction of sp³-hybridized carbons (Fsp3) is 0.182. The molecule has 0 saturated heterocycles. The maximum absolute atomic E-state index is 12.8. The van der Waals surface area contributed by atoms with Crippen molar-refractivity contribution in [1.29, 1.82) is 0 Å². The van der Waals surface area contributed by atoms with Crippen molar-refractivity contribution in [3.05, 3.63) is 52.0 Å². The van der Waals surface area contributed by atoms with Crippen LogP contribution in [0.25, 0.3) is 0 Å². The Morgan fingerprint density at radius 1 is 1.56 bits per heavy atom. The molecule has 0 aliphatic heterocycles. The molecular weight excluding hydrogens is 239 g/mol. The lowest BCUT2D eigenvalue weighted by Crippen LogP contribution is -2.25. The van der Waals surface area contributed by atoms with Crippen molar-refractivity contribution in [3.63, 3.8) is 0 Å². The minimum absolute atomic E-state index is 0.0932. The number of nitrogens with one attached hydrogen (secondary N) is 2. The monoisotopic (exact) mass is 250 g/mol. The molecule has 2 N–H and O–H groups in total. The second-order valence-electron chi connectivity index (χ2n) is 3.70. The summed E-state index contributed by atoms with van der Waals surface area (Å²) in [5.74, 6) is -1.03. The van der Waals surface area contributed by atoms with Crippen LogP contribution in [0.3, 0.4) is 0 Å². The number of aromatic amines is 1. The van der Waals surface area contributed by atoms with E-state index in [2.05, 4.69) is 15.4 Å². The van der Waals surface area contributed by atoms with Gasteiger partial charge < -0.3 is 5.32 Å². The zero-order valence-electron chi connectivity index (χ0n) is 9.61. The van der Waals surface area contributed by atoms with Crippen LogP contribution in [0.5, 0.6) is 0 Å². The number of aryl methyl sites for hydroxylation is 1. The number of amides is 1. The predicted molar refractivity (Wildman–Crippen MR) is 61.4 cm³/mol. The minimum atomic E-state index is -0.601. The Morgan fingerprint density at radius 3 is 2.94 bits per heavy atom. The quantitative estimate of drug-likeness (QED) is 0.762. The van der Waals surface area contributed by atoms with E-state index < -0.39 is 11.9 Å². The van der Waals surface area contributed by atoms with Crippen molar-refractivity contribution in [2.45, 2.75) is 6.54 Å². The Morgan fingerprint density at radius 2 is 2.33 bits per heavy atom. The first-order valence-corrected chi connectivity index (χ1v) is 5.22. The molecule has 0 aromatic carbocycles. The van der Waals surface area contributed by atoms with E-state index in [1.165, 1.54) is 22.9 Å². The van der Waals surface area contributed by atoms with Crippen LogP contribution in [0.1, 0.15) is 16.2 Å². The smallest absolute Gasteiger partial charge is 0.269 e. The van der Waals surface area contributed by atoms with Crippen LogP contribution in [-0.4, -0.2) is 20.7 Å². The summed E-state index contributed by atoms with van der Waals surface area (Å²) < 4.78 is 14.1. The summed E-state index contributed by atoms with van der Waals surface area (Å²) in [6, 6.07) is 5.52. The molecule has 94 valence electrons. The van der Waals surface area contributed by atoms with Crippen molar-refractivity contribution in [1.82, 2.24) is 20.1 Å². The molecule has 1 amide bonds. The zero-order chi connectivity index (χ0) is 13.1. The number of hydrogen-bond donors (Lipinski definition) is 2. The molecule has 2 aromatic heterocycles. The SMILES string of the molecule is Cn1[nH]c(=O)cc1C(=O)NCc1cccc(F)n1. The highest BCUT2D eigenvalue weighted by atomic mass is 19.1. The summed E-state index contributed by atoms with van der Waals surface area (Å²) in [6.45, 7) is 0.0932. The zero-order valence-corrected chi connectivity index (χ0v) is 9.61. The van der Waals surface area contributed by atoms with E-state index in [9.17, 15) is 14.0 Å². The van der Waals surface area contributed by atoms with Gasteiger partial charge in [-0.05, 0) is 12.1 Å². The van der Waals surface area contributed by atoms with E-state index in [0.29, 0.717) is 5.69 Å². The summed E-state index contributed by atoms with van der Waals surface area (Å²) in [7, 11) is 1.55. The van der Waals surface area contributed by atoms with Crippen LogP contribution in [0.2, 0.25) is 0 Å². The van der Waals surface area contributed by atoms with Gasteiger partial charge in [0.05, 0.1) is 12.2 Å². The summed E-state index contributed by atoms with van der Waals surface area (Å²) in [6.07, 6.45) is 0. The summed E-state index contributed by atoms with van der Waals surface area (Å²) in [5.41, 5.74) is 0.256. The standard InChI is InChI=1S/C11H11FN4O2/c1-16-8(5-10(17)15-16)11(18)13-6-7-3-2-4-9(12)14-7/h2-5H,6H2,1H3,(H,13,18)(H,15,17). The molecule has 0 spiro atoms. The highest BCUT2D eigenvalue weighted by Gasteiger charge is 2.11. The molecule has 0 aliphatic carbocycles. The molecule has 6 nitrogen and oxygen atoms in total. The van der Waals surface area contributed by atoms with Gasteiger partial charge >= 0.3 is 0 Å². The largest absolute Gasteiger partial charge is 0.345 e. The van der Waals surface area contributed by atoms with Crippen molar-refractivity contribution < 1.29 is 9.18 Å². The maximum atomic E-state index is 12.8. The highest BCUT2D eigenvalue weighted by molar-refractivity contribution is 5.92. The lowest BCUT2D eigenvalue weighted by atomic mass is 10.3. The van der Waals surface area contributed by atoms with Gasteiger partial charge in [0, 0.05) is 13.1 Å². The predicted octanol–water partition coefficient (Wildman–Crippen LogP) is 0.177. The molecule has 18 heavy (non-hydrogen) atoms. The van der Waals surface area contributed by atoms with E-state index in [1.807, 2.05) is 0 Å². The van der Waals surface area contributed by atoms with Gasteiger partial charge in [-0.2, -0.15) is 4.39 Å². The number of aromatic nitrogens is 3. The lowest BCUT2D eigenvalue weighted by Gasteiger charge is -2.05. The average molecular weight is 250 g/mol. The third-order valence-corrected chi connectivity index (χ3v) is 2.34. The van der Waals surface area contributed by atoms with E-state index >= 15 is 0 Å². The van der Waals surface area contributed by atoms with E-state index in [1.54, 1.807) is 13.1 Å². The van der Waals surface area contributed by atoms with Crippen molar-refractivity contribution in [2.24, 2.45) is 7.05 Å². The third-order valence-electron chi connectivity index (χ3n) is 2.34. The Kier molecular flexibility index (Phi) is 3.22. The molecule has 2 aromatic rings. The van der Waals surface area contributed by atoms with Crippen LogP contribution in [0.15, 0.2) is 29.1 Å². The van der Waals surface area contributed by atoms with Gasteiger partial charge in [0.15, 0.2) is 0 Å². The molecule has 2 rings (SSSR count). The van der Waals surface area contributed by atoms with Gasteiger partial charge in [-0.25, -0.2) is 4.98 Å². The van der Waals surface area contributed by atoms with Gasteiger partial charge in [0.25, 0.3) is 11.5 Å². The number of halogens is 1. The first-order chi connectivity index (χ1) is 8.56. The molecule has 0 aliphatic rings. The molecule has 0 fully saturated rings. The number of rotatable bonds is 3. The number of carbonyl (C=O) groups excluding carboxylic acids is 1. The van der Waals surface area contributed by atoms with Crippen LogP contribution >= 0.6 is 0 Å². The van der Waals surface area contributed by atoms with Gasteiger partial charge in [-0.15, -0.1) is 0 Å². The van der Waals surface area contributed by atoms with Crippen molar-refractivity contribution in [2.75, 3.05) is 0 Å².